The molecule has 0 amide bonds. The van der Waals surface area contributed by atoms with Crippen molar-refractivity contribution in [2.75, 3.05) is 24.7 Å². The van der Waals surface area contributed by atoms with Crippen LogP contribution in [0.15, 0.2) is 24.3 Å². The fourth-order valence-corrected chi connectivity index (χ4v) is 2.23. The van der Waals surface area contributed by atoms with Crippen molar-refractivity contribution in [1.29, 1.82) is 0 Å². The average Bonchev–Trinajstić information content (AvgIpc) is 3.10. The van der Waals surface area contributed by atoms with Gasteiger partial charge in [0, 0.05) is 19.7 Å². The first-order valence-corrected chi connectivity index (χ1v) is 7.81. The summed E-state index contributed by atoms with van der Waals surface area (Å²) in [4.78, 5) is 15.2. The normalized spacial score (nSPS) is 12.8. The molecule has 2 N–H and O–H groups in total. The van der Waals surface area contributed by atoms with E-state index in [0.29, 0.717) is 11.8 Å². The molecule has 142 valence electrons. The van der Waals surface area contributed by atoms with E-state index in [4.69, 9.17) is 5.73 Å². The van der Waals surface area contributed by atoms with Crippen LogP contribution < -0.4 is 10.6 Å². The second-order valence-electron chi connectivity index (χ2n) is 5.93. The molecule has 0 aliphatic carbocycles. The standard InChI is InChI=1S/C15H16F3N9/c1-8(11-20-13(19)22-14(21-11)26(2)3)27-24-12(23-25-27)9-5-4-6-10(7-9)15(16,17)18/h4-8H,1-3H3,(H2,19,20,21,22). The van der Waals surface area contributed by atoms with Crippen molar-refractivity contribution in [2.45, 2.75) is 19.1 Å². The molecule has 1 unspecified atom stereocenters. The van der Waals surface area contributed by atoms with Gasteiger partial charge in [-0.2, -0.15) is 32.9 Å². The maximum absolute atomic E-state index is 12.9. The first-order valence-electron chi connectivity index (χ1n) is 7.81. The highest BCUT2D eigenvalue weighted by Crippen LogP contribution is 2.31. The maximum Gasteiger partial charge on any atom is 0.416 e. The topological polar surface area (TPSA) is 112 Å². The van der Waals surface area contributed by atoms with Gasteiger partial charge in [0.25, 0.3) is 0 Å². The minimum atomic E-state index is -4.45. The van der Waals surface area contributed by atoms with Crippen LogP contribution in [0, 0.1) is 0 Å². The Labute approximate surface area is 152 Å². The quantitative estimate of drug-likeness (QED) is 0.730. The first-order chi connectivity index (χ1) is 12.6. The zero-order valence-electron chi connectivity index (χ0n) is 14.7. The lowest BCUT2D eigenvalue weighted by molar-refractivity contribution is -0.137. The SMILES string of the molecule is CC(c1nc(N)nc(N(C)C)n1)n1nnc(-c2cccc(C(F)(F)F)c2)n1. The molecule has 3 rings (SSSR count). The largest absolute Gasteiger partial charge is 0.416 e. The maximum atomic E-state index is 12.9. The fraction of sp³-hybridized carbons (Fsp3) is 0.333. The van der Waals surface area contributed by atoms with E-state index >= 15 is 0 Å². The van der Waals surface area contributed by atoms with Crippen LogP contribution in [0.25, 0.3) is 11.4 Å². The molecule has 9 nitrogen and oxygen atoms in total. The molecule has 0 aliphatic heterocycles. The summed E-state index contributed by atoms with van der Waals surface area (Å²) in [5, 5.41) is 11.9. The number of halogens is 3. The van der Waals surface area contributed by atoms with Gasteiger partial charge in [0.05, 0.1) is 5.56 Å². The Kier molecular flexibility index (Phi) is 4.64. The molecule has 1 atom stereocenters. The lowest BCUT2D eigenvalue weighted by Gasteiger charge is -2.14. The van der Waals surface area contributed by atoms with Crippen molar-refractivity contribution < 1.29 is 13.2 Å². The minimum absolute atomic E-state index is 0.0359. The number of anilines is 2. The molecule has 0 saturated heterocycles. The second-order valence-corrected chi connectivity index (χ2v) is 5.93. The van der Waals surface area contributed by atoms with Crippen molar-refractivity contribution >= 4 is 11.9 Å². The molecular weight excluding hydrogens is 363 g/mol. The summed E-state index contributed by atoms with van der Waals surface area (Å²) < 4.78 is 38.6. The summed E-state index contributed by atoms with van der Waals surface area (Å²) >= 11 is 0. The molecule has 0 fully saturated rings. The van der Waals surface area contributed by atoms with Gasteiger partial charge in [-0.25, -0.2) is 0 Å². The number of nitrogens with two attached hydrogens (primary N) is 1. The van der Waals surface area contributed by atoms with Gasteiger partial charge in [-0.05, 0) is 24.3 Å². The third-order valence-electron chi connectivity index (χ3n) is 3.65. The molecule has 0 radical (unpaired) electrons. The summed E-state index contributed by atoms with van der Waals surface area (Å²) in [6.45, 7) is 1.71. The number of benzene rings is 1. The third-order valence-corrected chi connectivity index (χ3v) is 3.65. The van der Waals surface area contributed by atoms with Crippen molar-refractivity contribution in [3.05, 3.63) is 35.7 Å². The van der Waals surface area contributed by atoms with E-state index in [1.807, 2.05) is 0 Å². The molecule has 3 aromatic rings. The number of aromatic nitrogens is 7. The van der Waals surface area contributed by atoms with E-state index in [0.717, 1.165) is 12.1 Å². The molecule has 0 bridgehead atoms. The van der Waals surface area contributed by atoms with E-state index < -0.39 is 17.8 Å². The zero-order chi connectivity index (χ0) is 19.8. The predicted molar refractivity (Wildman–Crippen MR) is 90.6 cm³/mol. The Morgan fingerprint density at radius 2 is 1.89 bits per heavy atom. The summed E-state index contributed by atoms with van der Waals surface area (Å²) in [6, 6.07) is 4.16. The second kappa shape index (κ2) is 6.78. The van der Waals surface area contributed by atoms with Crippen LogP contribution in [0.2, 0.25) is 0 Å². The molecule has 0 saturated carbocycles. The molecule has 12 heteroatoms. The van der Waals surface area contributed by atoms with Gasteiger partial charge in [0.2, 0.25) is 17.7 Å². The molecule has 0 aliphatic rings. The summed E-state index contributed by atoms with van der Waals surface area (Å²) in [5.41, 5.74) is 5.12. The van der Waals surface area contributed by atoms with Gasteiger partial charge in [-0.3, -0.25) is 0 Å². The molecule has 1 aromatic carbocycles. The van der Waals surface area contributed by atoms with Crippen LogP contribution >= 0.6 is 0 Å². The number of hydrogen-bond donors (Lipinski definition) is 1. The smallest absolute Gasteiger partial charge is 0.368 e. The van der Waals surface area contributed by atoms with Gasteiger partial charge in [0.15, 0.2) is 5.82 Å². The molecular formula is C15H16F3N9. The van der Waals surface area contributed by atoms with Crippen LogP contribution in [0.5, 0.6) is 0 Å². The van der Waals surface area contributed by atoms with Gasteiger partial charge in [-0.15, -0.1) is 10.2 Å². The van der Waals surface area contributed by atoms with Crippen molar-refractivity contribution in [1.82, 2.24) is 35.2 Å². The number of nitrogens with zero attached hydrogens (tertiary/aromatic N) is 8. The Bertz CT molecular complexity index is 952. The van der Waals surface area contributed by atoms with E-state index in [-0.39, 0.29) is 17.3 Å². The van der Waals surface area contributed by atoms with Crippen LogP contribution in [0.3, 0.4) is 0 Å². The Balaban J connectivity index is 1.92. The van der Waals surface area contributed by atoms with E-state index in [1.54, 1.807) is 25.9 Å². The number of alkyl halides is 3. The molecule has 2 aromatic heterocycles. The van der Waals surface area contributed by atoms with Crippen molar-refractivity contribution in [2.24, 2.45) is 0 Å². The van der Waals surface area contributed by atoms with Gasteiger partial charge >= 0.3 is 6.18 Å². The molecule has 0 spiro atoms. The average molecular weight is 379 g/mol. The van der Waals surface area contributed by atoms with Crippen LogP contribution in [0.1, 0.15) is 24.4 Å². The monoisotopic (exact) mass is 379 g/mol. The van der Waals surface area contributed by atoms with E-state index in [2.05, 4.69) is 30.4 Å². The van der Waals surface area contributed by atoms with Crippen LogP contribution in [-0.2, 0) is 6.18 Å². The summed E-state index contributed by atoms with van der Waals surface area (Å²) in [7, 11) is 3.51. The van der Waals surface area contributed by atoms with Crippen LogP contribution in [0.4, 0.5) is 25.1 Å². The van der Waals surface area contributed by atoms with Gasteiger partial charge in [-0.1, -0.05) is 12.1 Å². The lowest BCUT2D eigenvalue weighted by Crippen LogP contribution is -2.20. The van der Waals surface area contributed by atoms with Crippen LogP contribution in [-0.4, -0.2) is 49.3 Å². The fourth-order valence-electron chi connectivity index (χ4n) is 2.23. The molecule has 2 heterocycles. The van der Waals surface area contributed by atoms with Crippen molar-refractivity contribution in [3.8, 4) is 11.4 Å². The summed E-state index contributed by atoms with van der Waals surface area (Å²) in [6.07, 6.45) is -4.45. The van der Waals surface area contributed by atoms with Gasteiger partial charge in [0.1, 0.15) is 6.04 Å². The number of hydrogen-bond acceptors (Lipinski definition) is 8. The Hall–Kier alpha value is -3.31. The van der Waals surface area contributed by atoms with E-state index in [9.17, 15) is 13.2 Å². The van der Waals surface area contributed by atoms with Gasteiger partial charge < -0.3 is 10.6 Å². The number of rotatable bonds is 4. The predicted octanol–water partition coefficient (Wildman–Crippen LogP) is 1.80. The highest BCUT2D eigenvalue weighted by atomic mass is 19.4. The zero-order valence-corrected chi connectivity index (χ0v) is 14.7. The highest BCUT2D eigenvalue weighted by Gasteiger charge is 2.30. The summed E-state index contributed by atoms with van der Waals surface area (Å²) in [5.74, 6) is 0.762. The van der Waals surface area contributed by atoms with E-state index in [1.165, 1.54) is 16.9 Å². The number of tetrazole rings is 1. The minimum Gasteiger partial charge on any atom is -0.368 e. The highest BCUT2D eigenvalue weighted by molar-refractivity contribution is 5.55. The first kappa shape index (κ1) is 18.5. The Morgan fingerprint density at radius 3 is 2.56 bits per heavy atom. The number of nitrogen functional groups attached to an aromatic ring is 1. The lowest BCUT2D eigenvalue weighted by atomic mass is 10.1. The Morgan fingerprint density at radius 1 is 1.15 bits per heavy atom. The molecule has 27 heavy (non-hydrogen) atoms. The van der Waals surface area contributed by atoms with Crippen molar-refractivity contribution in [3.63, 3.8) is 0 Å². The third kappa shape index (κ3) is 3.93.